The molecule has 23 heavy (non-hydrogen) atoms. The molecule has 1 heterocycles. The Bertz CT molecular complexity index is 888. The van der Waals surface area contributed by atoms with Crippen LogP contribution in [0, 0.1) is 5.92 Å². The van der Waals surface area contributed by atoms with E-state index in [4.69, 9.17) is 0 Å². The number of aromatic amines is 1. The van der Waals surface area contributed by atoms with Crippen LogP contribution in [0.1, 0.15) is 31.0 Å². The van der Waals surface area contributed by atoms with Crippen LogP contribution in [0.4, 0.5) is 4.39 Å². The minimum Gasteiger partial charge on any atom is -0.354 e. The fourth-order valence-electron chi connectivity index (χ4n) is 2.76. The molecule has 4 heteroatoms. The highest BCUT2D eigenvalue weighted by Crippen LogP contribution is 2.31. The van der Waals surface area contributed by atoms with E-state index < -0.39 is 5.83 Å². The normalized spacial score (nSPS) is 15.0. The number of hydrogen-bond acceptors (Lipinski definition) is 2. The maximum absolute atomic E-state index is 13.5. The number of carbonyl (C=O) groups excluding carboxylic acids is 1. The molecule has 1 aromatic carbocycles. The molecule has 1 fully saturated rings. The highest BCUT2D eigenvalue weighted by Gasteiger charge is 2.29. The molecule has 2 aromatic rings. The molecule has 3 rings (SSSR count). The van der Waals surface area contributed by atoms with Crippen molar-refractivity contribution in [2.75, 3.05) is 0 Å². The summed E-state index contributed by atoms with van der Waals surface area (Å²) in [7, 11) is 0. The molecular weight excluding hydrogens is 293 g/mol. The zero-order valence-electron chi connectivity index (χ0n) is 13.0. The number of rotatable bonds is 5. The first-order valence-electron chi connectivity index (χ1n) is 7.69. The molecule has 118 valence electrons. The smallest absolute Gasteiger partial charge is 0.190 e. The summed E-state index contributed by atoms with van der Waals surface area (Å²) < 4.78 is 13.5. The summed E-state index contributed by atoms with van der Waals surface area (Å²) in [5, 5.41) is 0.524. The van der Waals surface area contributed by atoms with Gasteiger partial charge in [0, 0.05) is 34.9 Å². The number of fused-ring (bicyclic) bond motifs is 1. The first kappa shape index (κ1) is 15.4. The summed E-state index contributed by atoms with van der Waals surface area (Å²) in [6, 6.07) is 6.70. The first-order chi connectivity index (χ1) is 11.0. The lowest BCUT2D eigenvalue weighted by molar-refractivity contribution is -0.119. The number of allylic oxidation sites excluding steroid dienone is 3. The van der Waals surface area contributed by atoms with Crippen molar-refractivity contribution in [1.29, 1.82) is 0 Å². The van der Waals surface area contributed by atoms with Gasteiger partial charge in [0.15, 0.2) is 5.43 Å². The van der Waals surface area contributed by atoms with E-state index in [0.717, 1.165) is 18.4 Å². The molecule has 0 radical (unpaired) electrons. The Kier molecular flexibility index (Phi) is 3.99. The van der Waals surface area contributed by atoms with E-state index in [2.05, 4.69) is 11.6 Å². The molecule has 0 saturated heterocycles. The molecule has 0 bridgehead atoms. The van der Waals surface area contributed by atoms with Crippen molar-refractivity contribution in [2.24, 2.45) is 5.92 Å². The Labute approximate surface area is 133 Å². The van der Waals surface area contributed by atoms with Gasteiger partial charge in [0.1, 0.15) is 11.6 Å². The molecule has 3 nitrogen and oxygen atoms in total. The molecule has 0 aliphatic heterocycles. The number of halogens is 1. The zero-order valence-corrected chi connectivity index (χ0v) is 13.0. The van der Waals surface area contributed by atoms with Crippen molar-refractivity contribution >= 4 is 22.3 Å². The summed E-state index contributed by atoms with van der Waals surface area (Å²) >= 11 is 0. The number of hydrogen-bond donors (Lipinski definition) is 1. The summed E-state index contributed by atoms with van der Waals surface area (Å²) in [6.45, 7) is 4.98. The topological polar surface area (TPSA) is 49.9 Å². The Balaban J connectivity index is 2.04. The van der Waals surface area contributed by atoms with E-state index in [-0.39, 0.29) is 22.7 Å². The van der Waals surface area contributed by atoms with E-state index in [1.807, 2.05) is 6.07 Å². The largest absolute Gasteiger partial charge is 0.354 e. The van der Waals surface area contributed by atoms with Crippen molar-refractivity contribution in [3.63, 3.8) is 0 Å². The number of H-pyrrole nitrogens is 1. The second-order valence-corrected chi connectivity index (χ2v) is 5.95. The number of aromatic nitrogens is 1. The van der Waals surface area contributed by atoms with Gasteiger partial charge in [-0.15, -0.1) is 0 Å². The Morgan fingerprint density at radius 2 is 2.13 bits per heavy atom. The lowest BCUT2D eigenvalue weighted by Crippen LogP contribution is -2.08. The first-order valence-corrected chi connectivity index (χ1v) is 7.69. The van der Waals surface area contributed by atoms with Gasteiger partial charge in [0.2, 0.25) is 0 Å². The zero-order chi connectivity index (χ0) is 16.6. The molecule has 1 saturated carbocycles. The van der Waals surface area contributed by atoms with Crippen molar-refractivity contribution in [1.82, 2.24) is 4.98 Å². The van der Waals surface area contributed by atoms with Crippen LogP contribution in [0.3, 0.4) is 0 Å². The summed E-state index contributed by atoms with van der Waals surface area (Å²) in [6.07, 6.45) is 3.91. The Morgan fingerprint density at radius 1 is 1.39 bits per heavy atom. The number of ketones is 1. The van der Waals surface area contributed by atoms with E-state index >= 15 is 0 Å². The number of benzene rings is 1. The molecular formula is C19H18FNO2. The number of Topliss-reactive ketones (excluding diaryl/α,β-unsaturated/α-hetero) is 1. The van der Waals surface area contributed by atoms with E-state index in [0.29, 0.717) is 23.0 Å². The minimum atomic E-state index is -0.595. The van der Waals surface area contributed by atoms with Crippen LogP contribution in [0.2, 0.25) is 0 Å². The maximum Gasteiger partial charge on any atom is 0.190 e. The molecule has 1 aliphatic carbocycles. The summed E-state index contributed by atoms with van der Waals surface area (Å²) in [5.74, 6) is -0.141. The molecule has 0 atom stereocenters. The predicted octanol–water partition coefficient (Wildman–Crippen LogP) is 3.94. The Morgan fingerprint density at radius 3 is 2.74 bits per heavy atom. The number of nitrogens with one attached hydrogen (secondary N) is 1. The SMILES string of the molecule is C=C(F)/C(=C\C)c1cc(=O)c2ccc(CC(=O)C3CC3)cc2[nH]1. The van der Waals surface area contributed by atoms with Crippen LogP contribution in [-0.4, -0.2) is 10.8 Å². The van der Waals surface area contributed by atoms with Gasteiger partial charge in [-0.2, -0.15) is 0 Å². The van der Waals surface area contributed by atoms with Crippen molar-refractivity contribution in [3.8, 4) is 0 Å². The van der Waals surface area contributed by atoms with E-state index in [9.17, 15) is 14.0 Å². The van der Waals surface area contributed by atoms with Gasteiger partial charge in [0.25, 0.3) is 0 Å². The molecule has 0 amide bonds. The fourth-order valence-corrected chi connectivity index (χ4v) is 2.76. The third kappa shape index (κ3) is 3.16. The van der Waals surface area contributed by atoms with Gasteiger partial charge in [-0.05, 0) is 37.5 Å². The van der Waals surface area contributed by atoms with Gasteiger partial charge in [-0.1, -0.05) is 18.7 Å². The maximum atomic E-state index is 13.5. The molecule has 0 unspecified atom stereocenters. The van der Waals surface area contributed by atoms with Crippen LogP contribution in [0.25, 0.3) is 16.5 Å². The molecule has 1 aromatic heterocycles. The third-order valence-electron chi connectivity index (χ3n) is 4.18. The van der Waals surface area contributed by atoms with E-state index in [1.165, 1.54) is 6.07 Å². The Hall–Kier alpha value is -2.49. The molecule has 0 spiro atoms. The molecule has 1 aliphatic rings. The van der Waals surface area contributed by atoms with E-state index in [1.54, 1.807) is 25.1 Å². The fraction of sp³-hybridized carbons (Fsp3) is 0.263. The van der Waals surface area contributed by atoms with Crippen LogP contribution < -0.4 is 5.43 Å². The number of pyridine rings is 1. The second kappa shape index (κ2) is 5.95. The van der Waals surface area contributed by atoms with Gasteiger partial charge in [-0.3, -0.25) is 9.59 Å². The highest BCUT2D eigenvalue weighted by molar-refractivity contribution is 5.88. The van der Waals surface area contributed by atoms with Crippen LogP contribution in [0.15, 0.2) is 47.5 Å². The number of carbonyl (C=O) groups is 1. The standard InChI is InChI=1S/C19H18FNO2/c1-3-14(11(2)20)17-10-19(23)15-7-4-12(8-16(15)21-17)9-18(22)13-5-6-13/h3-4,7-8,10,13H,2,5-6,9H2,1H3,(H,21,23)/b14-3+. The van der Waals surface area contributed by atoms with Crippen molar-refractivity contribution < 1.29 is 9.18 Å². The van der Waals surface area contributed by atoms with Crippen molar-refractivity contribution in [2.45, 2.75) is 26.2 Å². The lowest BCUT2D eigenvalue weighted by Gasteiger charge is -2.08. The van der Waals surface area contributed by atoms with Gasteiger partial charge in [-0.25, -0.2) is 4.39 Å². The lowest BCUT2D eigenvalue weighted by atomic mass is 10.0. The van der Waals surface area contributed by atoms with Crippen LogP contribution >= 0.6 is 0 Å². The highest BCUT2D eigenvalue weighted by atomic mass is 19.1. The molecule has 1 N–H and O–H groups in total. The van der Waals surface area contributed by atoms with Crippen molar-refractivity contribution in [3.05, 3.63) is 64.2 Å². The third-order valence-corrected chi connectivity index (χ3v) is 4.18. The predicted molar refractivity (Wildman–Crippen MR) is 89.9 cm³/mol. The quantitative estimate of drug-likeness (QED) is 0.850. The average molecular weight is 311 g/mol. The van der Waals surface area contributed by atoms with Crippen LogP contribution in [0.5, 0.6) is 0 Å². The van der Waals surface area contributed by atoms with Crippen LogP contribution in [-0.2, 0) is 11.2 Å². The monoisotopic (exact) mass is 311 g/mol. The summed E-state index contributed by atoms with van der Waals surface area (Å²) in [5.41, 5.74) is 1.94. The van der Waals surface area contributed by atoms with Gasteiger partial charge in [0.05, 0.1) is 5.69 Å². The summed E-state index contributed by atoms with van der Waals surface area (Å²) in [4.78, 5) is 27.3. The average Bonchev–Trinajstić information content (AvgIpc) is 3.32. The minimum absolute atomic E-state index is 0.186. The van der Waals surface area contributed by atoms with Gasteiger partial charge < -0.3 is 4.98 Å². The van der Waals surface area contributed by atoms with Gasteiger partial charge >= 0.3 is 0 Å². The second-order valence-electron chi connectivity index (χ2n) is 5.95.